The Labute approximate surface area is 64.0 Å². The van der Waals surface area contributed by atoms with Crippen molar-refractivity contribution < 1.29 is 14.0 Å². The van der Waals surface area contributed by atoms with Crippen LogP contribution in [0.5, 0.6) is 5.88 Å². The van der Waals surface area contributed by atoms with Crippen LogP contribution in [0.15, 0.2) is 12.1 Å². The van der Waals surface area contributed by atoms with Gasteiger partial charge in [-0.25, -0.2) is 4.57 Å². The quantitative estimate of drug-likeness (QED) is 0.670. The van der Waals surface area contributed by atoms with Crippen molar-refractivity contribution in [1.82, 2.24) is 10.2 Å². The lowest BCUT2D eigenvalue weighted by Gasteiger charge is -1.95. The minimum atomic E-state index is -2.64. The maximum absolute atomic E-state index is 10.1. The molecule has 1 radical (unpaired) electrons. The van der Waals surface area contributed by atoms with E-state index in [0.717, 1.165) is 5.69 Å². The first-order chi connectivity index (χ1) is 5.18. The lowest BCUT2D eigenvalue weighted by atomic mass is 10.4. The molecule has 11 heavy (non-hydrogen) atoms. The van der Waals surface area contributed by atoms with Crippen molar-refractivity contribution in [2.75, 3.05) is 0 Å². The number of hydrogen-bond donors (Lipinski definition) is 1. The molecule has 5 nitrogen and oxygen atoms in total. The molecule has 0 fully saturated rings. The molecule has 6 heteroatoms. The molecule has 1 heterocycles. The number of nitrogens with zero attached hydrogens (tertiary/aromatic N) is 2. The van der Waals surface area contributed by atoms with Crippen LogP contribution in [-0.4, -0.2) is 15.1 Å². The number of hydrogen-bond acceptors (Lipinski definition) is 4. The predicted octanol–water partition coefficient (Wildman–Crippen LogP) is 0.814. The third kappa shape index (κ3) is 2.57. The molecule has 0 aliphatic carbocycles. The summed E-state index contributed by atoms with van der Waals surface area (Å²) < 4.78 is 14.5. The van der Waals surface area contributed by atoms with E-state index in [1.165, 1.54) is 6.07 Å². The van der Waals surface area contributed by atoms with Crippen LogP contribution in [0.1, 0.15) is 5.69 Å². The lowest BCUT2D eigenvalue weighted by Crippen LogP contribution is -1.89. The zero-order valence-electron chi connectivity index (χ0n) is 5.76. The van der Waals surface area contributed by atoms with Crippen molar-refractivity contribution in [2.45, 2.75) is 6.92 Å². The van der Waals surface area contributed by atoms with E-state index in [-0.39, 0.29) is 5.88 Å². The van der Waals surface area contributed by atoms with Gasteiger partial charge >= 0.3 is 8.25 Å². The van der Waals surface area contributed by atoms with Crippen LogP contribution in [0.4, 0.5) is 0 Å². The molecule has 0 aliphatic rings. The standard InChI is InChI=1S/C5H6N2O3P/c1-4-2-3-5(7-6-4)10-11(8)9/h2-3H,1H3,(H,8,9). The van der Waals surface area contributed by atoms with Gasteiger partial charge in [0.25, 0.3) is 0 Å². The van der Waals surface area contributed by atoms with Gasteiger partial charge in [-0.2, -0.15) is 5.10 Å². The van der Waals surface area contributed by atoms with Crippen LogP contribution < -0.4 is 4.52 Å². The molecule has 1 atom stereocenters. The first-order valence-electron chi connectivity index (χ1n) is 2.83. The largest absolute Gasteiger partial charge is 0.427 e. The average Bonchev–Trinajstić information content (AvgIpc) is 1.93. The van der Waals surface area contributed by atoms with Crippen molar-refractivity contribution in [3.63, 3.8) is 0 Å². The van der Waals surface area contributed by atoms with Gasteiger partial charge in [0.05, 0.1) is 5.69 Å². The highest BCUT2D eigenvalue weighted by Crippen LogP contribution is 2.18. The number of aryl methyl sites for hydroxylation is 1. The van der Waals surface area contributed by atoms with Gasteiger partial charge in [0.15, 0.2) is 0 Å². The molecule has 1 aromatic heterocycles. The van der Waals surface area contributed by atoms with Gasteiger partial charge in [0, 0.05) is 6.07 Å². The smallest absolute Gasteiger partial charge is 0.376 e. The normalized spacial score (nSPS) is 10.9. The highest BCUT2D eigenvalue weighted by Gasteiger charge is 1.99. The zero-order chi connectivity index (χ0) is 8.27. The molecule has 0 aromatic carbocycles. The number of rotatable bonds is 2. The van der Waals surface area contributed by atoms with Gasteiger partial charge in [0.1, 0.15) is 0 Å². The zero-order valence-corrected chi connectivity index (χ0v) is 6.65. The Bertz CT molecular complexity index is 261. The third-order valence-electron chi connectivity index (χ3n) is 0.945. The summed E-state index contributed by atoms with van der Waals surface area (Å²) in [5.41, 5.74) is 0.727. The number of aromatic nitrogens is 2. The molecule has 1 N–H and O–H groups in total. The highest BCUT2D eigenvalue weighted by molar-refractivity contribution is 7.32. The second kappa shape index (κ2) is 3.37. The Kier molecular flexibility index (Phi) is 2.46. The third-order valence-corrected chi connectivity index (χ3v) is 1.29. The Morgan fingerprint density at radius 1 is 1.55 bits per heavy atom. The van der Waals surface area contributed by atoms with Crippen LogP contribution >= 0.6 is 8.25 Å². The Morgan fingerprint density at radius 3 is 2.73 bits per heavy atom. The second-order valence-electron chi connectivity index (χ2n) is 1.84. The molecule has 1 unspecified atom stereocenters. The molecule has 0 aliphatic heterocycles. The fourth-order valence-electron chi connectivity index (χ4n) is 0.515. The summed E-state index contributed by atoms with van der Waals surface area (Å²) in [6.45, 7) is 1.76. The molecule has 0 amide bonds. The summed E-state index contributed by atoms with van der Waals surface area (Å²) in [5.74, 6) is 0.0548. The van der Waals surface area contributed by atoms with Crippen molar-refractivity contribution in [1.29, 1.82) is 0 Å². The van der Waals surface area contributed by atoms with Crippen LogP contribution in [0.25, 0.3) is 0 Å². The molecule has 0 saturated heterocycles. The van der Waals surface area contributed by atoms with Crippen LogP contribution in [0.2, 0.25) is 0 Å². The van der Waals surface area contributed by atoms with E-state index in [4.69, 9.17) is 4.89 Å². The molecule has 0 spiro atoms. The minimum absolute atomic E-state index is 0.0548. The predicted molar refractivity (Wildman–Crippen MR) is 37.2 cm³/mol. The summed E-state index contributed by atoms with van der Waals surface area (Å²) in [6.07, 6.45) is 0. The van der Waals surface area contributed by atoms with Crippen molar-refractivity contribution in [3.05, 3.63) is 17.8 Å². The van der Waals surface area contributed by atoms with Gasteiger partial charge in [-0.15, -0.1) is 5.10 Å². The van der Waals surface area contributed by atoms with E-state index in [1.807, 2.05) is 0 Å². The lowest BCUT2D eigenvalue weighted by molar-refractivity contribution is 0.401. The SMILES string of the molecule is Cc1ccc(O[P](=O)O)nn1. The van der Waals surface area contributed by atoms with Crippen LogP contribution in [0, 0.1) is 6.92 Å². The van der Waals surface area contributed by atoms with Crippen molar-refractivity contribution >= 4 is 8.25 Å². The van der Waals surface area contributed by atoms with Crippen molar-refractivity contribution in [3.8, 4) is 5.88 Å². The Morgan fingerprint density at radius 2 is 2.27 bits per heavy atom. The van der Waals surface area contributed by atoms with Crippen LogP contribution in [-0.2, 0) is 4.57 Å². The van der Waals surface area contributed by atoms with Gasteiger partial charge in [-0.1, -0.05) is 0 Å². The summed E-state index contributed by atoms with van der Waals surface area (Å²) in [7, 11) is -2.64. The van der Waals surface area contributed by atoms with Crippen molar-refractivity contribution in [2.24, 2.45) is 0 Å². The molecule has 0 bridgehead atoms. The molecule has 1 aromatic rings. The first-order valence-corrected chi connectivity index (χ1v) is 3.96. The summed E-state index contributed by atoms with van der Waals surface area (Å²) in [6, 6.07) is 3.12. The maximum atomic E-state index is 10.1. The van der Waals surface area contributed by atoms with E-state index < -0.39 is 8.25 Å². The van der Waals surface area contributed by atoms with E-state index in [2.05, 4.69) is 14.7 Å². The van der Waals surface area contributed by atoms with Crippen LogP contribution in [0.3, 0.4) is 0 Å². The van der Waals surface area contributed by atoms with Gasteiger partial charge in [-0.3, -0.25) is 4.89 Å². The fourth-order valence-corrected chi connectivity index (χ4v) is 0.773. The molecular weight excluding hydrogens is 167 g/mol. The second-order valence-corrected chi connectivity index (χ2v) is 2.50. The topological polar surface area (TPSA) is 72.3 Å². The molecule has 0 saturated carbocycles. The Hall–Kier alpha value is -1.06. The minimum Gasteiger partial charge on any atom is -0.376 e. The average molecular weight is 173 g/mol. The van der Waals surface area contributed by atoms with E-state index in [9.17, 15) is 4.57 Å². The van der Waals surface area contributed by atoms with Gasteiger partial charge in [-0.05, 0) is 13.0 Å². The fraction of sp³-hybridized carbons (Fsp3) is 0.200. The summed E-state index contributed by atoms with van der Waals surface area (Å²) in [5, 5.41) is 7.12. The molecule has 1 rings (SSSR count). The first kappa shape index (κ1) is 8.04. The maximum Gasteiger partial charge on any atom is 0.427 e. The monoisotopic (exact) mass is 173 g/mol. The van der Waals surface area contributed by atoms with E-state index in [1.54, 1.807) is 13.0 Å². The van der Waals surface area contributed by atoms with E-state index >= 15 is 0 Å². The Balaban J connectivity index is 2.74. The molecule has 59 valence electrons. The summed E-state index contributed by atoms with van der Waals surface area (Å²) in [4.78, 5) is 8.29. The van der Waals surface area contributed by atoms with Gasteiger partial charge in [0.2, 0.25) is 5.88 Å². The molecular formula is C5H6N2O3P. The highest BCUT2D eigenvalue weighted by atomic mass is 31.1. The summed E-state index contributed by atoms with van der Waals surface area (Å²) >= 11 is 0. The van der Waals surface area contributed by atoms with Gasteiger partial charge < -0.3 is 4.52 Å². The van der Waals surface area contributed by atoms with E-state index in [0.29, 0.717) is 0 Å².